The lowest BCUT2D eigenvalue weighted by molar-refractivity contribution is -0.384. The van der Waals surface area contributed by atoms with Gasteiger partial charge in [0.15, 0.2) is 18.1 Å². The number of nitro benzene ring substituents is 1. The van der Waals surface area contributed by atoms with Crippen molar-refractivity contribution in [1.29, 1.82) is 0 Å². The van der Waals surface area contributed by atoms with Gasteiger partial charge in [-0.05, 0) is 55.0 Å². The van der Waals surface area contributed by atoms with E-state index in [4.69, 9.17) is 9.47 Å². The molecule has 5 amide bonds. The summed E-state index contributed by atoms with van der Waals surface area (Å²) >= 11 is 0. The fraction of sp³-hybridized carbons (Fsp3) is 0.111. The fourth-order valence-corrected chi connectivity index (χ4v) is 3.65. The monoisotopic (exact) mass is 530 g/mol. The Hall–Kier alpha value is -5.52. The lowest BCUT2D eigenvalue weighted by Gasteiger charge is -2.26. The summed E-state index contributed by atoms with van der Waals surface area (Å²) < 4.78 is 11.2. The topological polar surface area (TPSA) is 157 Å². The number of carbonyl (C=O) groups is 4. The molecule has 0 atom stereocenters. The van der Waals surface area contributed by atoms with Crippen molar-refractivity contribution < 1.29 is 33.6 Å². The number of nitrogens with zero attached hydrogens (tertiary/aromatic N) is 2. The molecular weight excluding hydrogens is 508 g/mol. The number of benzene rings is 3. The van der Waals surface area contributed by atoms with Crippen LogP contribution in [-0.4, -0.2) is 41.9 Å². The number of imide groups is 2. The summed E-state index contributed by atoms with van der Waals surface area (Å²) in [6.45, 7) is 1.74. The molecule has 0 radical (unpaired) electrons. The van der Waals surface area contributed by atoms with Gasteiger partial charge in [0.05, 0.1) is 17.2 Å². The highest BCUT2D eigenvalue weighted by Crippen LogP contribution is 2.30. The first-order valence-electron chi connectivity index (χ1n) is 11.7. The second-order valence-corrected chi connectivity index (χ2v) is 8.07. The van der Waals surface area contributed by atoms with Crippen LogP contribution < -0.4 is 25.0 Å². The van der Waals surface area contributed by atoms with Crippen LogP contribution in [0, 0.1) is 10.1 Å². The molecule has 1 aliphatic heterocycles. The van der Waals surface area contributed by atoms with Crippen LogP contribution in [0.4, 0.5) is 21.9 Å². The Morgan fingerprint density at radius 2 is 1.72 bits per heavy atom. The Balaban J connectivity index is 1.54. The van der Waals surface area contributed by atoms with E-state index < -0.39 is 22.8 Å². The maximum Gasteiger partial charge on any atom is 0.335 e. The van der Waals surface area contributed by atoms with E-state index in [0.717, 1.165) is 12.1 Å². The molecule has 0 unspecified atom stereocenters. The van der Waals surface area contributed by atoms with Gasteiger partial charge in [0.25, 0.3) is 23.4 Å². The first-order valence-corrected chi connectivity index (χ1v) is 11.7. The van der Waals surface area contributed by atoms with E-state index in [0.29, 0.717) is 16.2 Å². The third-order valence-corrected chi connectivity index (χ3v) is 5.42. The standard InChI is InChI=1S/C27H22N4O8/c1-2-38-23-15-17(8-13-22(23)39-16-24(32)28-18-6-4-3-5-7-18)14-21-25(33)29-27(35)30(26(21)34)19-9-11-20(12-10-19)31(36)37/h3-15H,2,16H2,1H3,(H,28,32)(H,29,33,35)/b21-14+. The summed E-state index contributed by atoms with van der Waals surface area (Å²) in [6.07, 6.45) is 1.27. The van der Waals surface area contributed by atoms with Gasteiger partial charge in [-0.1, -0.05) is 24.3 Å². The number of barbiturate groups is 1. The molecule has 0 aromatic heterocycles. The quantitative estimate of drug-likeness (QED) is 0.184. The van der Waals surface area contributed by atoms with Gasteiger partial charge in [-0.2, -0.15) is 0 Å². The highest BCUT2D eigenvalue weighted by atomic mass is 16.6. The predicted octanol–water partition coefficient (Wildman–Crippen LogP) is 3.68. The molecule has 0 aliphatic carbocycles. The number of amides is 5. The van der Waals surface area contributed by atoms with Crippen LogP contribution in [0.1, 0.15) is 12.5 Å². The van der Waals surface area contributed by atoms with Crippen LogP contribution in [-0.2, 0) is 14.4 Å². The van der Waals surface area contributed by atoms with Crippen molar-refractivity contribution in [3.8, 4) is 11.5 Å². The molecule has 1 heterocycles. The van der Waals surface area contributed by atoms with E-state index in [-0.39, 0.29) is 47.6 Å². The van der Waals surface area contributed by atoms with Gasteiger partial charge in [0.1, 0.15) is 5.57 Å². The van der Waals surface area contributed by atoms with Crippen LogP contribution in [0.5, 0.6) is 11.5 Å². The minimum Gasteiger partial charge on any atom is -0.490 e. The van der Waals surface area contributed by atoms with Crippen LogP contribution in [0.25, 0.3) is 6.08 Å². The van der Waals surface area contributed by atoms with E-state index in [1.807, 2.05) is 6.07 Å². The first-order chi connectivity index (χ1) is 18.8. The largest absolute Gasteiger partial charge is 0.490 e. The number of rotatable bonds is 9. The number of nitro groups is 1. The average Bonchev–Trinajstić information content (AvgIpc) is 2.91. The number of urea groups is 1. The first kappa shape index (κ1) is 26.5. The number of hydrogen-bond acceptors (Lipinski definition) is 8. The van der Waals surface area contributed by atoms with E-state index in [1.54, 1.807) is 37.3 Å². The summed E-state index contributed by atoms with van der Waals surface area (Å²) in [6, 6.07) is 17.2. The SMILES string of the molecule is CCOc1cc(/C=C2\C(=O)NC(=O)N(c3ccc([N+](=O)[O-])cc3)C2=O)ccc1OCC(=O)Nc1ccccc1. The molecular formula is C27H22N4O8. The fourth-order valence-electron chi connectivity index (χ4n) is 3.65. The smallest absolute Gasteiger partial charge is 0.335 e. The van der Waals surface area contributed by atoms with E-state index in [9.17, 15) is 29.3 Å². The van der Waals surface area contributed by atoms with Gasteiger partial charge in [-0.25, -0.2) is 9.69 Å². The second-order valence-electron chi connectivity index (χ2n) is 8.07. The Labute approximate surface area is 222 Å². The van der Waals surface area contributed by atoms with Crippen LogP contribution in [0.2, 0.25) is 0 Å². The molecule has 12 nitrogen and oxygen atoms in total. The van der Waals surface area contributed by atoms with Crippen LogP contribution in [0.3, 0.4) is 0 Å². The molecule has 3 aromatic rings. The molecule has 2 N–H and O–H groups in total. The van der Waals surface area contributed by atoms with Gasteiger partial charge < -0.3 is 14.8 Å². The molecule has 198 valence electrons. The van der Waals surface area contributed by atoms with E-state index >= 15 is 0 Å². The zero-order valence-corrected chi connectivity index (χ0v) is 20.6. The molecule has 1 fully saturated rings. The van der Waals surface area contributed by atoms with Gasteiger partial charge in [-0.15, -0.1) is 0 Å². The summed E-state index contributed by atoms with van der Waals surface area (Å²) in [7, 11) is 0. The molecule has 0 bridgehead atoms. The van der Waals surface area contributed by atoms with Gasteiger partial charge in [-0.3, -0.25) is 29.8 Å². The molecule has 4 rings (SSSR count). The average molecular weight is 530 g/mol. The van der Waals surface area contributed by atoms with Gasteiger partial charge in [0.2, 0.25) is 0 Å². The molecule has 0 spiro atoms. The normalized spacial score (nSPS) is 14.1. The van der Waals surface area contributed by atoms with Crippen molar-refractivity contribution in [3.63, 3.8) is 0 Å². The number of anilines is 2. The zero-order chi connectivity index (χ0) is 27.9. The maximum absolute atomic E-state index is 13.1. The van der Waals surface area contributed by atoms with Crippen molar-refractivity contribution in [2.24, 2.45) is 0 Å². The summed E-state index contributed by atoms with van der Waals surface area (Å²) in [5, 5.41) is 15.7. The third-order valence-electron chi connectivity index (χ3n) is 5.42. The Bertz CT molecular complexity index is 1470. The Morgan fingerprint density at radius 3 is 2.38 bits per heavy atom. The molecule has 3 aromatic carbocycles. The summed E-state index contributed by atoms with van der Waals surface area (Å²) in [5.74, 6) is -1.65. The van der Waals surface area contributed by atoms with E-state index in [1.165, 1.54) is 30.3 Å². The highest BCUT2D eigenvalue weighted by Gasteiger charge is 2.37. The molecule has 1 saturated heterocycles. The number of nitrogens with one attached hydrogen (secondary N) is 2. The number of ether oxygens (including phenoxy) is 2. The minimum atomic E-state index is -0.983. The van der Waals surface area contributed by atoms with Crippen LogP contribution in [0.15, 0.2) is 78.4 Å². The molecule has 12 heteroatoms. The number of carbonyl (C=O) groups excluding carboxylic acids is 4. The van der Waals surface area contributed by atoms with Gasteiger partial charge >= 0.3 is 6.03 Å². The molecule has 0 saturated carbocycles. The maximum atomic E-state index is 13.1. The van der Waals surface area contributed by atoms with E-state index in [2.05, 4.69) is 10.6 Å². The molecule has 39 heavy (non-hydrogen) atoms. The number of para-hydroxylation sites is 1. The van der Waals surface area contributed by atoms with Crippen molar-refractivity contribution in [1.82, 2.24) is 5.32 Å². The lowest BCUT2D eigenvalue weighted by atomic mass is 10.1. The van der Waals surface area contributed by atoms with Crippen molar-refractivity contribution >= 4 is 46.9 Å². The van der Waals surface area contributed by atoms with Gasteiger partial charge in [0, 0.05) is 17.8 Å². The number of hydrogen-bond donors (Lipinski definition) is 2. The number of non-ortho nitro benzene ring substituents is 1. The second kappa shape index (κ2) is 11.7. The third kappa shape index (κ3) is 6.25. The van der Waals surface area contributed by atoms with Crippen molar-refractivity contribution in [2.75, 3.05) is 23.4 Å². The summed E-state index contributed by atoms with van der Waals surface area (Å²) in [5.41, 5.74) is 0.491. The zero-order valence-electron chi connectivity index (χ0n) is 20.6. The Kier molecular flexibility index (Phi) is 7.95. The minimum absolute atomic E-state index is 0.0500. The highest BCUT2D eigenvalue weighted by molar-refractivity contribution is 6.39. The van der Waals surface area contributed by atoms with Crippen LogP contribution >= 0.6 is 0 Å². The lowest BCUT2D eigenvalue weighted by Crippen LogP contribution is -2.54. The summed E-state index contributed by atoms with van der Waals surface area (Å²) in [4.78, 5) is 61.3. The van der Waals surface area contributed by atoms with Crippen molar-refractivity contribution in [2.45, 2.75) is 6.92 Å². The molecule has 1 aliphatic rings. The predicted molar refractivity (Wildman–Crippen MR) is 140 cm³/mol. The van der Waals surface area contributed by atoms with Crippen molar-refractivity contribution in [3.05, 3.63) is 94.0 Å². The Morgan fingerprint density at radius 1 is 1.00 bits per heavy atom.